The maximum atomic E-state index is 14.0. The van der Waals surface area contributed by atoms with Gasteiger partial charge in [-0.25, -0.2) is 8.42 Å². The van der Waals surface area contributed by atoms with Crippen molar-refractivity contribution in [1.29, 1.82) is 0 Å². The van der Waals surface area contributed by atoms with Gasteiger partial charge in [-0.15, -0.1) is 0 Å². The number of methoxy groups -OCH3 is 1. The maximum Gasteiger partial charge on any atom is 0.261 e. The molecule has 0 spiro atoms. The topological polar surface area (TPSA) is 114 Å². The molecular weight excluding hydrogens is 654 g/mol. The minimum absolute atomic E-state index is 0.129. The maximum absolute atomic E-state index is 14.0. The second-order valence-corrected chi connectivity index (χ2v) is 13.6. The third-order valence-corrected chi connectivity index (χ3v) is 10.1. The van der Waals surface area contributed by atoms with Crippen molar-refractivity contribution >= 4 is 33.4 Å². The van der Waals surface area contributed by atoms with E-state index >= 15 is 0 Å². The Balaban J connectivity index is 1.36. The number of nitrogens with one attached hydrogen (secondary N) is 1. The summed E-state index contributed by atoms with van der Waals surface area (Å²) in [4.78, 5) is 29.5. The van der Waals surface area contributed by atoms with Crippen molar-refractivity contribution in [2.24, 2.45) is 0 Å². The van der Waals surface area contributed by atoms with Gasteiger partial charge >= 0.3 is 0 Å². The predicted octanol–water partition coefficient (Wildman–Crippen LogP) is 4.70. The fourth-order valence-electron chi connectivity index (χ4n) is 5.26. The summed E-state index contributed by atoms with van der Waals surface area (Å²) in [5, 5.41) is 3.59. The Labute approximate surface area is 286 Å². The van der Waals surface area contributed by atoms with Crippen LogP contribution in [0, 0.1) is 0 Å². The van der Waals surface area contributed by atoms with E-state index in [1.165, 1.54) is 33.5 Å². The Hall–Kier alpha value is -4.42. The molecule has 2 amide bonds. The zero-order chi connectivity index (χ0) is 33.9. The lowest BCUT2D eigenvalue weighted by molar-refractivity contribution is -0.142. The molecule has 1 heterocycles. The molecule has 1 atom stereocenters. The third kappa shape index (κ3) is 9.35. The van der Waals surface area contributed by atoms with Crippen LogP contribution in [-0.4, -0.2) is 75.5 Å². The van der Waals surface area contributed by atoms with Crippen LogP contribution >= 0.6 is 11.6 Å². The van der Waals surface area contributed by atoms with Gasteiger partial charge in [-0.3, -0.25) is 9.59 Å². The molecular formula is C36H38ClN3O7S. The largest absolute Gasteiger partial charge is 0.497 e. The Morgan fingerprint density at radius 1 is 0.854 bits per heavy atom. The molecule has 10 nitrogen and oxygen atoms in total. The van der Waals surface area contributed by atoms with Crippen LogP contribution in [0.3, 0.4) is 0 Å². The first-order valence-electron chi connectivity index (χ1n) is 15.5. The standard InChI is InChI=1S/C36H38ClN3O7S/c1-45-31-13-9-29(10-14-31)25-40(34(23-27-5-3-2-4-6-27)36(42)38-24-28-7-11-30(37)12-8-28)35(41)26-47-32-15-17-33(18-16-32)48(43,44)39-19-21-46-22-20-39/h2-18,34H,19-26H2,1H3,(H,38,42)/t34-/m0/s1. The van der Waals surface area contributed by atoms with Gasteiger partial charge in [0.25, 0.3) is 5.91 Å². The van der Waals surface area contributed by atoms with Gasteiger partial charge in [0.2, 0.25) is 15.9 Å². The van der Waals surface area contributed by atoms with Crippen molar-refractivity contribution in [3.05, 3.63) is 125 Å². The van der Waals surface area contributed by atoms with Crippen molar-refractivity contribution in [2.45, 2.75) is 30.4 Å². The Morgan fingerprint density at radius 2 is 1.48 bits per heavy atom. The van der Waals surface area contributed by atoms with Crippen molar-refractivity contribution in [3.63, 3.8) is 0 Å². The zero-order valence-corrected chi connectivity index (χ0v) is 28.2. The van der Waals surface area contributed by atoms with E-state index in [0.29, 0.717) is 29.7 Å². The van der Waals surface area contributed by atoms with Crippen LogP contribution in [0.5, 0.6) is 11.5 Å². The molecule has 5 rings (SSSR count). The number of hydrogen-bond acceptors (Lipinski definition) is 7. The first-order chi connectivity index (χ1) is 23.2. The monoisotopic (exact) mass is 691 g/mol. The van der Waals surface area contributed by atoms with Gasteiger partial charge in [-0.1, -0.05) is 66.2 Å². The molecule has 1 N–H and O–H groups in total. The smallest absolute Gasteiger partial charge is 0.261 e. The Morgan fingerprint density at radius 3 is 2.12 bits per heavy atom. The molecule has 1 aliphatic heterocycles. The highest BCUT2D eigenvalue weighted by atomic mass is 35.5. The molecule has 4 aromatic carbocycles. The molecule has 0 aliphatic carbocycles. The van der Waals surface area contributed by atoms with Crippen molar-refractivity contribution < 1.29 is 32.2 Å². The number of morpholine rings is 1. The van der Waals surface area contributed by atoms with E-state index in [1.54, 1.807) is 31.4 Å². The lowest BCUT2D eigenvalue weighted by Crippen LogP contribution is -2.51. The molecule has 0 unspecified atom stereocenters. The van der Waals surface area contributed by atoms with Gasteiger partial charge in [0, 0.05) is 37.6 Å². The van der Waals surface area contributed by atoms with Crippen LogP contribution in [0.4, 0.5) is 0 Å². The number of halogens is 1. The molecule has 4 aromatic rings. The van der Waals surface area contributed by atoms with Crippen molar-refractivity contribution in [2.75, 3.05) is 40.0 Å². The molecule has 0 bridgehead atoms. The Kier molecular flexibility index (Phi) is 12.1. The fourth-order valence-corrected chi connectivity index (χ4v) is 6.80. The van der Waals surface area contributed by atoms with E-state index < -0.39 is 22.0 Å². The minimum Gasteiger partial charge on any atom is -0.497 e. The van der Waals surface area contributed by atoms with Crippen molar-refractivity contribution in [1.82, 2.24) is 14.5 Å². The molecule has 12 heteroatoms. The molecule has 1 fully saturated rings. The number of carbonyl (C=O) groups is 2. The first kappa shape index (κ1) is 34.9. The number of sulfonamides is 1. The van der Waals surface area contributed by atoms with Crippen LogP contribution in [0.2, 0.25) is 5.02 Å². The number of benzene rings is 4. The fraction of sp³-hybridized carbons (Fsp3) is 0.278. The normalized spacial score (nSPS) is 14.1. The van der Waals surface area contributed by atoms with Crippen LogP contribution in [0.1, 0.15) is 16.7 Å². The summed E-state index contributed by atoms with van der Waals surface area (Å²) in [5.74, 6) is 0.243. The highest BCUT2D eigenvalue weighted by molar-refractivity contribution is 7.89. The van der Waals surface area contributed by atoms with Crippen LogP contribution in [0.25, 0.3) is 0 Å². The van der Waals surface area contributed by atoms with Gasteiger partial charge in [0.05, 0.1) is 25.2 Å². The van der Waals surface area contributed by atoms with Crippen molar-refractivity contribution in [3.8, 4) is 11.5 Å². The lowest BCUT2D eigenvalue weighted by atomic mass is 10.0. The molecule has 0 radical (unpaired) electrons. The molecule has 0 saturated carbocycles. The molecule has 0 aromatic heterocycles. The van der Waals surface area contributed by atoms with Crippen LogP contribution in [-0.2, 0) is 43.9 Å². The molecule has 48 heavy (non-hydrogen) atoms. The van der Waals surface area contributed by atoms with E-state index in [2.05, 4.69) is 5.32 Å². The summed E-state index contributed by atoms with van der Waals surface area (Å²) in [7, 11) is -2.10. The van der Waals surface area contributed by atoms with E-state index in [1.807, 2.05) is 54.6 Å². The molecule has 1 saturated heterocycles. The van der Waals surface area contributed by atoms with Gasteiger partial charge < -0.3 is 24.4 Å². The zero-order valence-electron chi connectivity index (χ0n) is 26.6. The number of ether oxygens (including phenoxy) is 3. The second-order valence-electron chi connectivity index (χ2n) is 11.2. The van der Waals surface area contributed by atoms with Gasteiger partial charge in [-0.2, -0.15) is 4.31 Å². The summed E-state index contributed by atoms with van der Waals surface area (Å²) in [5.41, 5.74) is 2.54. The quantitative estimate of drug-likeness (QED) is 0.204. The van der Waals surface area contributed by atoms with E-state index in [-0.39, 0.29) is 50.0 Å². The third-order valence-electron chi connectivity index (χ3n) is 7.96. The number of nitrogens with zero attached hydrogens (tertiary/aromatic N) is 2. The average Bonchev–Trinajstić information content (AvgIpc) is 3.13. The summed E-state index contributed by atoms with van der Waals surface area (Å²) < 4.78 is 43.9. The average molecular weight is 692 g/mol. The summed E-state index contributed by atoms with van der Waals surface area (Å²) in [6.45, 7) is 1.28. The van der Waals surface area contributed by atoms with Crippen LogP contribution in [0.15, 0.2) is 108 Å². The highest BCUT2D eigenvalue weighted by Gasteiger charge is 2.31. The summed E-state index contributed by atoms with van der Waals surface area (Å²) in [6, 6.07) is 29.1. The molecule has 1 aliphatic rings. The van der Waals surface area contributed by atoms with Crippen LogP contribution < -0.4 is 14.8 Å². The summed E-state index contributed by atoms with van der Waals surface area (Å²) in [6.07, 6.45) is 0.267. The lowest BCUT2D eigenvalue weighted by Gasteiger charge is -2.31. The minimum atomic E-state index is -3.68. The van der Waals surface area contributed by atoms with Gasteiger partial charge in [-0.05, 0) is 65.2 Å². The first-order valence-corrected chi connectivity index (χ1v) is 17.3. The van der Waals surface area contributed by atoms with E-state index in [4.69, 9.17) is 25.8 Å². The van der Waals surface area contributed by atoms with E-state index in [0.717, 1.165) is 16.7 Å². The highest BCUT2D eigenvalue weighted by Crippen LogP contribution is 2.22. The van der Waals surface area contributed by atoms with Gasteiger partial charge in [0.1, 0.15) is 17.5 Å². The number of amides is 2. The molecule has 252 valence electrons. The predicted molar refractivity (Wildman–Crippen MR) is 182 cm³/mol. The second kappa shape index (κ2) is 16.6. The summed E-state index contributed by atoms with van der Waals surface area (Å²) >= 11 is 6.04. The number of rotatable bonds is 14. The Bertz CT molecular complexity index is 1750. The SMILES string of the molecule is COc1ccc(CN(C(=O)COc2ccc(S(=O)(=O)N3CCOCC3)cc2)[C@@H](Cc2ccccc2)C(=O)NCc2ccc(Cl)cc2)cc1. The number of hydrogen-bond donors (Lipinski definition) is 1. The van der Waals surface area contributed by atoms with Gasteiger partial charge in [0.15, 0.2) is 6.61 Å². The van der Waals surface area contributed by atoms with E-state index in [9.17, 15) is 18.0 Å². The number of carbonyl (C=O) groups excluding carboxylic acids is 2.